The van der Waals surface area contributed by atoms with Gasteiger partial charge < -0.3 is 10.6 Å². The summed E-state index contributed by atoms with van der Waals surface area (Å²) in [5.41, 5.74) is 6.74. The molecule has 1 aromatic rings. The van der Waals surface area contributed by atoms with Crippen molar-refractivity contribution in [1.29, 1.82) is 0 Å². The highest BCUT2D eigenvalue weighted by Gasteiger charge is 2.27. The standard InChI is InChI=1S/C17H25FN4S2/c1-11-4-3-5-15(12(11)2)20-17(24)22-21-16(23)19-10-13-6-8-14(18)9-7-13/h6-9,11-12,15H,3-5,10H2,1-2H3,(H2,19,21,23)(H2,20,22,24)/t11-,12+,15+/m0/s1. The summed E-state index contributed by atoms with van der Waals surface area (Å²) in [7, 11) is 0. The minimum Gasteiger partial charge on any atom is -0.358 e. The van der Waals surface area contributed by atoms with Crippen LogP contribution in [-0.4, -0.2) is 16.3 Å². The van der Waals surface area contributed by atoms with Crippen molar-refractivity contribution in [2.24, 2.45) is 11.8 Å². The van der Waals surface area contributed by atoms with E-state index in [1.165, 1.54) is 25.0 Å². The van der Waals surface area contributed by atoms with Crippen molar-refractivity contribution < 1.29 is 4.39 Å². The average molecular weight is 369 g/mol. The molecule has 2 rings (SSSR count). The van der Waals surface area contributed by atoms with Gasteiger partial charge in [0.05, 0.1) is 0 Å². The molecule has 4 N–H and O–H groups in total. The van der Waals surface area contributed by atoms with Crippen molar-refractivity contribution in [3.63, 3.8) is 0 Å². The van der Waals surface area contributed by atoms with Crippen LogP contribution in [0.25, 0.3) is 0 Å². The molecule has 0 aromatic heterocycles. The van der Waals surface area contributed by atoms with Gasteiger partial charge in [0.1, 0.15) is 5.82 Å². The second kappa shape index (κ2) is 9.13. The second-order valence-electron chi connectivity index (χ2n) is 6.41. The molecule has 1 fully saturated rings. The molecule has 4 nitrogen and oxygen atoms in total. The molecule has 0 unspecified atom stereocenters. The minimum atomic E-state index is -0.246. The van der Waals surface area contributed by atoms with Crippen molar-refractivity contribution in [3.8, 4) is 0 Å². The van der Waals surface area contributed by atoms with E-state index in [9.17, 15) is 4.39 Å². The van der Waals surface area contributed by atoms with Gasteiger partial charge in [-0.05, 0) is 60.4 Å². The van der Waals surface area contributed by atoms with E-state index in [2.05, 4.69) is 35.3 Å². The molecule has 0 aliphatic heterocycles. The predicted molar refractivity (Wildman–Crippen MR) is 104 cm³/mol. The number of rotatable bonds is 3. The van der Waals surface area contributed by atoms with Crippen LogP contribution in [0.2, 0.25) is 0 Å². The number of hydrazine groups is 1. The third kappa shape index (κ3) is 5.87. The molecule has 0 saturated heterocycles. The van der Waals surface area contributed by atoms with Crippen LogP contribution in [0.15, 0.2) is 24.3 Å². The van der Waals surface area contributed by atoms with Crippen LogP contribution < -0.4 is 21.5 Å². The van der Waals surface area contributed by atoms with E-state index in [0.29, 0.717) is 34.6 Å². The maximum atomic E-state index is 12.8. The molecule has 7 heteroatoms. The molecule has 0 amide bonds. The zero-order valence-electron chi connectivity index (χ0n) is 14.1. The van der Waals surface area contributed by atoms with E-state index < -0.39 is 0 Å². The van der Waals surface area contributed by atoms with Crippen LogP contribution in [0.3, 0.4) is 0 Å². The van der Waals surface area contributed by atoms with Gasteiger partial charge in [-0.15, -0.1) is 0 Å². The Morgan fingerprint density at radius 1 is 1.08 bits per heavy atom. The number of hydrogen-bond donors (Lipinski definition) is 4. The largest absolute Gasteiger partial charge is 0.358 e. The maximum Gasteiger partial charge on any atom is 0.185 e. The quantitative estimate of drug-likeness (QED) is 0.486. The summed E-state index contributed by atoms with van der Waals surface area (Å²) in [5, 5.41) is 7.39. The number of nitrogens with one attached hydrogen (secondary N) is 4. The molecule has 24 heavy (non-hydrogen) atoms. The third-order valence-corrected chi connectivity index (χ3v) is 5.15. The summed E-state index contributed by atoms with van der Waals surface area (Å²) in [6.07, 6.45) is 3.66. The number of hydrogen-bond acceptors (Lipinski definition) is 2. The molecule has 132 valence electrons. The predicted octanol–water partition coefficient (Wildman–Crippen LogP) is 2.99. The number of thiocarbonyl (C=S) groups is 2. The summed E-state index contributed by atoms with van der Waals surface area (Å²) in [5.74, 6) is 1.07. The van der Waals surface area contributed by atoms with Gasteiger partial charge in [0.25, 0.3) is 0 Å². The number of halogens is 1. The number of benzene rings is 1. The van der Waals surface area contributed by atoms with E-state index >= 15 is 0 Å². The van der Waals surface area contributed by atoms with Gasteiger partial charge in [0.2, 0.25) is 0 Å². The van der Waals surface area contributed by atoms with Gasteiger partial charge in [0.15, 0.2) is 10.2 Å². The molecule has 1 aliphatic rings. The fourth-order valence-electron chi connectivity index (χ4n) is 2.93. The van der Waals surface area contributed by atoms with Crippen LogP contribution in [0.1, 0.15) is 38.7 Å². The van der Waals surface area contributed by atoms with Crippen molar-refractivity contribution in [2.45, 2.75) is 45.7 Å². The highest BCUT2D eigenvalue weighted by molar-refractivity contribution is 7.80. The van der Waals surface area contributed by atoms with Gasteiger partial charge in [-0.1, -0.05) is 38.8 Å². The zero-order valence-corrected chi connectivity index (χ0v) is 15.7. The van der Waals surface area contributed by atoms with Gasteiger partial charge in [-0.2, -0.15) is 0 Å². The molecule has 0 heterocycles. The fourth-order valence-corrected chi connectivity index (χ4v) is 3.26. The van der Waals surface area contributed by atoms with Crippen LogP contribution in [-0.2, 0) is 6.54 Å². The van der Waals surface area contributed by atoms with E-state index in [1.54, 1.807) is 12.1 Å². The first-order valence-electron chi connectivity index (χ1n) is 8.30. The Balaban J connectivity index is 1.67. The summed E-state index contributed by atoms with van der Waals surface area (Å²) in [4.78, 5) is 0. The van der Waals surface area contributed by atoms with Gasteiger partial charge in [0, 0.05) is 12.6 Å². The molecular weight excluding hydrogens is 343 g/mol. The first-order chi connectivity index (χ1) is 11.5. The van der Waals surface area contributed by atoms with Crippen LogP contribution >= 0.6 is 24.4 Å². The zero-order chi connectivity index (χ0) is 17.5. The van der Waals surface area contributed by atoms with Crippen molar-refractivity contribution >= 4 is 34.7 Å². The first kappa shape index (κ1) is 18.9. The van der Waals surface area contributed by atoms with Crippen LogP contribution in [0.4, 0.5) is 4.39 Å². The molecule has 1 saturated carbocycles. The van der Waals surface area contributed by atoms with Gasteiger partial charge >= 0.3 is 0 Å². The third-order valence-electron chi connectivity index (χ3n) is 4.68. The Labute approximate surface area is 153 Å². The topological polar surface area (TPSA) is 48.1 Å². The Bertz CT molecular complexity index is 564. The van der Waals surface area contributed by atoms with Crippen LogP contribution in [0, 0.1) is 17.7 Å². The molecule has 0 bridgehead atoms. The summed E-state index contributed by atoms with van der Waals surface area (Å²) in [6.45, 7) is 5.08. The molecule has 0 radical (unpaired) electrons. The Morgan fingerprint density at radius 3 is 2.46 bits per heavy atom. The molecule has 1 aliphatic carbocycles. The van der Waals surface area contributed by atoms with E-state index in [4.69, 9.17) is 24.4 Å². The van der Waals surface area contributed by atoms with Crippen molar-refractivity contribution in [3.05, 3.63) is 35.6 Å². The highest BCUT2D eigenvalue weighted by atomic mass is 32.1. The lowest BCUT2D eigenvalue weighted by Crippen LogP contribution is -2.54. The molecular formula is C17H25FN4S2. The molecule has 1 aromatic carbocycles. The first-order valence-corrected chi connectivity index (χ1v) is 9.12. The monoisotopic (exact) mass is 368 g/mol. The highest BCUT2D eigenvalue weighted by Crippen LogP contribution is 2.29. The minimum absolute atomic E-state index is 0.246. The average Bonchev–Trinajstić information content (AvgIpc) is 2.56. The summed E-state index contributed by atoms with van der Waals surface area (Å²) in [6, 6.07) is 6.69. The Hall–Kier alpha value is -1.47. The van der Waals surface area contributed by atoms with Crippen LogP contribution in [0.5, 0.6) is 0 Å². The Kier molecular flexibility index (Phi) is 7.17. The fraction of sp³-hybridized carbons (Fsp3) is 0.529. The lowest BCUT2D eigenvalue weighted by Gasteiger charge is -2.35. The molecule has 0 spiro atoms. The lowest BCUT2D eigenvalue weighted by molar-refractivity contribution is 0.224. The smallest absolute Gasteiger partial charge is 0.185 e. The summed E-state index contributed by atoms with van der Waals surface area (Å²) >= 11 is 10.5. The SMILES string of the molecule is C[C@@H]1[C@@H](C)CCC[C@H]1NC(=S)NNC(=S)NCc1ccc(F)cc1. The van der Waals surface area contributed by atoms with Gasteiger partial charge in [-0.25, -0.2) is 4.39 Å². The van der Waals surface area contributed by atoms with E-state index in [-0.39, 0.29) is 5.82 Å². The van der Waals surface area contributed by atoms with E-state index in [0.717, 1.165) is 12.0 Å². The van der Waals surface area contributed by atoms with Crippen molar-refractivity contribution in [1.82, 2.24) is 21.5 Å². The van der Waals surface area contributed by atoms with E-state index in [1.807, 2.05) is 0 Å². The van der Waals surface area contributed by atoms with Gasteiger partial charge in [-0.3, -0.25) is 10.9 Å². The maximum absolute atomic E-state index is 12.8. The second-order valence-corrected chi connectivity index (χ2v) is 7.22. The normalized spacial score (nSPS) is 23.2. The Morgan fingerprint density at radius 2 is 1.75 bits per heavy atom. The molecule has 3 atom stereocenters. The lowest BCUT2D eigenvalue weighted by atomic mass is 9.78. The van der Waals surface area contributed by atoms with Crippen molar-refractivity contribution in [2.75, 3.05) is 0 Å². The summed E-state index contributed by atoms with van der Waals surface area (Å²) < 4.78 is 12.8.